The van der Waals surface area contributed by atoms with Crippen molar-refractivity contribution in [2.24, 2.45) is 0 Å². The molecule has 1 rings (SSSR count). The molecule has 0 spiro atoms. The van der Waals surface area contributed by atoms with E-state index >= 15 is 0 Å². The number of methoxy groups -OCH3 is 1. The van der Waals surface area contributed by atoms with Crippen LogP contribution in [0.1, 0.15) is 15.9 Å². The highest BCUT2D eigenvalue weighted by Crippen LogP contribution is 2.29. The van der Waals surface area contributed by atoms with Gasteiger partial charge in [-0.15, -0.1) is 0 Å². The summed E-state index contributed by atoms with van der Waals surface area (Å²) in [6, 6.07) is 2.78. The first-order chi connectivity index (χ1) is 7.11. The lowest BCUT2D eigenvalue weighted by Gasteiger charge is -2.07. The number of rotatable bonds is 3. The van der Waals surface area contributed by atoms with Crippen LogP contribution in [0.3, 0.4) is 0 Å². The van der Waals surface area contributed by atoms with Crippen molar-refractivity contribution in [3.63, 3.8) is 0 Å². The van der Waals surface area contributed by atoms with Gasteiger partial charge < -0.3 is 14.6 Å². The van der Waals surface area contributed by atoms with E-state index in [0.717, 1.165) is 0 Å². The quantitative estimate of drug-likeness (QED) is 0.630. The van der Waals surface area contributed by atoms with Gasteiger partial charge in [0.2, 0.25) is 0 Å². The van der Waals surface area contributed by atoms with E-state index in [1.807, 2.05) is 0 Å². The number of aldehydes is 1. The molecule has 1 aromatic rings. The number of phenols is 1. The monoisotopic (exact) mass is 228 g/mol. The zero-order valence-electron chi connectivity index (χ0n) is 7.99. The molecular formula is C10H9ClO4. The van der Waals surface area contributed by atoms with Crippen LogP contribution in [-0.2, 0) is 16.0 Å². The number of carbonyl (C=O) groups excluding carboxylic acids is 2. The number of ether oxygens (including phenoxy) is 1. The van der Waals surface area contributed by atoms with Gasteiger partial charge in [0.1, 0.15) is 17.6 Å². The zero-order chi connectivity index (χ0) is 11.4. The minimum absolute atomic E-state index is 0.00116. The summed E-state index contributed by atoms with van der Waals surface area (Å²) in [7, 11) is 1.20. The molecule has 4 nitrogen and oxygen atoms in total. The number of carbonyl (C=O) groups is 2. The minimum Gasteiger partial charge on any atom is -0.507 e. The fourth-order valence-electron chi connectivity index (χ4n) is 1.16. The molecule has 0 aliphatic rings. The molecule has 0 atom stereocenters. The lowest BCUT2D eigenvalue weighted by molar-refractivity contribution is -0.107. The van der Waals surface area contributed by atoms with Crippen LogP contribution in [0.15, 0.2) is 12.1 Å². The Hall–Kier alpha value is -1.55. The summed E-state index contributed by atoms with van der Waals surface area (Å²) in [4.78, 5) is 21.5. The summed E-state index contributed by atoms with van der Waals surface area (Å²) < 4.78 is 4.46. The van der Waals surface area contributed by atoms with E-state index in [9.17, 15) is 14.7 Å². The van der Waals surface area contributed by atoms with Crippen molar-refractivity contribution in [2.45, 2.75) is 6.42 Å². The number of phenolic OH excluding ortho intramolecular Hbond substituents is 1. The molecule has 0 heterocycles. The zero-order valence-corrected chi connectivity index (χ0v) is 8.75. The third-order valence-corrected chi connectivity index (χ3v) is 2.27. The Morgan fingerprint density at radius 3 is 2.80 bits per heavy atom. The summed E-state index contributed by atoms with van der Waals surface area (Å²) in [5.74, 6) is -0.974. The maximum absolute atomic E-state index is 11.2. The van der Waals surface area contributed by atoms with Crippen LogP contribution in [0.4, 0.5) is 0 Å². The van der Waals surface area contributed by atoms with Gasteiger partial charge in [-0.1, -0.05) is 11.6 Å². The van der Waals surface area contributed by atoms with E-state index in [1.165, 1.54) is 19.2 Å². The van der Waals surface area contributed by atoms with Crippen LogP contribution >= 0.6 is 11.6 Å². The fourth-order valence-corrected chi connectivity index (χ4v) is 1.39. The largest absolute Gasteiger partial charge is 0.507 e. The molecule has 0 unspecified atom stereocenters. The molecule has 0 aliphatic carbocycles. The fraction of sp³-hybridized carbons (Fsp3) is 0.200. The van der Waals surface area contributed by atoms with Crippen LogP contribution in [0.25, 0.3) is 0 Å². The van der Waals surface area contributed by atoms with E-state index in [-0.39, 0.29) is 28.3 Å². The first-order valence-corrected chi connectivity index (χ1v) is 4.52. The Kier molecular flexibility index (Phi) is 3.68. The average molecular weight is 229 g/mol. The molecule has 0 amide bonds. The molecule has 0 aliphatic heterocycles. The molecule has 1 aromatic carbocycles. The highest BCUT2D eigenvalue weighted by molar-refractivity contribution is 6.31. The molecule has 0 fully saturated rings. The predicted molar refractivity (Wildman–Crippen MR) is 54.2 cm³/mol. The molecule has 5 heteroatoms. The Morgan fingerprint density at radius 1 is 1.60 bits per heavy atom. The Bertz CT molecular complexity index is 401. The average Bonchev–Trinajstić information content (AvgIpc) is 2.23. The summed E-state index contributed by atoms with van der Waals surface area (Å²) in [5, 5.41) is 9.90. The number of benzene rings is 1. The molecular weight excluding hydrogens is 220 g/mol. The number of esters is 1. The van der Waals surface area contributed by atoms with Crippen LogP contribution in [0.2, 0.25) is 5.02 Å². The van der Waals surface area contributed by atoms with Gasteiger partial charge in [0.25, 0.3) is 0 Å². The first-order valence-electron chi connectivity index (χ1n) is 4.14. The molecule has 1 N–H and O–H groups in total. The first kappa shape index (κ1) is 11.5. The minimum atomic E-state index is -0.670. The molecule has 15 heavy (non-hydrogen) atoms. The van der Waals surface area contributed by atoms with E-state index < -0.39 is 5.97 Å². The van der Waals surface area contributed by atoms with Gasteiger partial charge in [0, 0.05) is 17.0 Å². The highest BCUT2D eigenvalue weighted by Gasteiger charge is 2.16. The lowest BCUT2D eigenvalue weighted by atomic mass is 10.1. The summed E-state index contributed by atoms with van der Waals surface area (Å²) in [6.45, 7) is 0. The number of hydrogen-bond acceptors (Lipinski definition) is 4. The summed E-state index contributed by atoms with van der Waals surface area (Å²) in [5.41, 5.74) is 0.230. The molecule has 0 aromatic heterocycles. The van der Waals surface area contributed by atoms with Crippen molar-refractivity contribution in [2.75, 3.05) is 7.11 Å². The Labute approximate surface area is 91.4 Å². The van der Waals surface area contributed by atoms with Crippen molar-refractivity contribution in [1.29, 1.82) is 0 Å². The summed E-state index contributed by atoms with van der Waals surface area (Å²) >= 11 is 5.76. The van der Waals surface area contributed by atoms with Crippen LogP contribution in [-0.4, -0.2) is 24.5 Å². The summed E-state index contributed by atoms with van der Waals surface area (Å²) in [6.07, 6.45) is 0.553. The third-order valence-electron chi connectivity index (χ3n) is 1.92. The highest BCUT2D eigenvalue weighted by atomic mass is 35.5. The van der Waals surface area contributed by atoms with Crippen molar-refractivity contribution >= 4 is 23.9 Å². The predicted octanol–water partition coefficient (Wildman–Crippen LogP) is 1.57. The normalized spacial score (nSPS) is 9.73. The van der Waals surface area contributed by atoms with E-state index in [2.05, 4.69) is 4.74 Å². The van der Waals surface area contributed by atoms with Gasteiger partial charge in [-0.05, 0) is 12.1 Å². The van der Waals surface area contributed by atoms with Crippen molar-refractivity contribution in [3.05, 3.63) is 28.3 Å². The van der Waals surface area contributed by atoms with E-state index in [4.69, 9.17) is 11.6 Å². The molecule has 80 valence electrons. The van der Waals surface area contributed by atoms with Crippen LogP contribution in [0, 0.1) is 0 Å². The third kappa shape index (κ3) is 2.27. The molecule has 0 saturated heterocycles. The standard InChI is InChI=1S/C10H9ClO4/c1-15-10(14)7-2-3-8(11)6(4-5-12)9(7)13/h2-3,5,13H,4H2,1H3. The molecule has 0 saturated carbocycles. The molecule has 0 radical (unpaired) electrons. The van der Waals surface area contributed by atoms with Crippen molar-refractivity contribution in [1.82, 2.24) is 0 Å². The van der Waals surface area contributed by atoms with Crippen LogP contribution in [0.5, 0.6) is 5.75 Å². The number of hydrogen-bond donors (Lipinski definition) is 1. The van der Waals surface area contributed by atoms with Gasteiger partial charge in [0.05, 0.1) is 7.11 Å². The topological polar surface area (TPSA) is 63.6 Å². The van der Waals surface area contributed by atoms with Crippen molar-refractivity contribution in [3.8, 4) is 5.75 Å². The van der Waals surface area contributed by atoms with Crippen LogP contribution < -0.4 is 0 Å². The van der Waals surface area contributed by atoms with E-state index in [1.54, 1.807) is 0 Å². The van der Waals surface area contributed by atoms with Gasteiger partial charge in [-0.25, -0.2) is 4.79 Å². The Balaban J connectivity index is 3.27. The van der Waals surface area contributed by atoms with Crippen molar-refractivity contribution < 1.29 is 19.4 Å². The maximum atomic E-state index is 11.2. The second kappa shape index (κ2) is 4.79. The van der Waals surface area contributed by atoms with Gasteiger partial charge in [0.15, 0.2) is 0 Å². The number of aromatic hydroxyl groups is 1. The smallest absolute Gasteiger partial charge is 0.341 e. The van der Waals surface area contributed by atoms with Gasteiger partial charge >= 0.3 is 5.97 Å². The van der Waals surface area contributed by atoms with Gasteiger partial charge in [-0.2, -0.15) is 0 Å². The SMILES string of the molecule is COC(=O)c1ccc(Cl)c(CC=O)c1O. The molecule has 0 bridgehead atoms. The Morgan fingerprint density at radius 2 is 2.27 bits per heavy atom. The maximum Gasteiger partial charge on any atom is 0.341 e. The second-order valence-electron chi connectivity index (χ2n) is 2.78. The van der Waals surface area contributed by atoms with Gasteiger partial charge in [-0.3, -0.25) is 0 Å². The number of halogens is 1. The second-order valence-corrected chi connectivity index (χ2v) is 3.19. The van der Waals surface area contributed by atoms with E-state index in [0.29, 0.717) is 6.29 Å². The lowest BCUT2D eigenvalue weighted by Crippen LogP contribution is -2.03.